The zero-order valence-electron chi connectivity index (χ0n) is 15.9. The second kappa shape index (κ2) is 7.42. The van der Waals surface area contributed by atoms with Gasteiger partial charge in [-0.1, -0.05) is 0 Å². The molecule has 1 aliphatic carbocycles. The number of nitrogens with one attached hydrogen (secondary N) is 1. The first-order chi connectivity index (χ1) is 13.6. The average Bonchev–Trinajstić information content (AvgIpc) is 3.55. The molecule has 0 saturated heterocycles. The van der Waals surface area contributed by atoms with Gasteiger partial charge >= 0.3 is 0 Å². The Kier molecular flexibility index (Phi) is 4.81. The number of benzene rings is 2. The molecule has 0 spiro atoms. The quantitative estimate of drug-likeness (QED) is 0.831. The number of hydrogen-bond donors (Lipinski definition) is 1. The second-order valence-corrected chi connectivity index (χ2v) is 6.89. The summed E-state index contributed by atoms with van der Waals surface area (Å²) in [5.74, 6) is 1.69. The van der Waals surface area contributed by atoms with E-state index in [0.29, 0.717) is 35.0 Å². The van der Waals surface area contributed by atoms with Gasteiger partial charge in [-0.15, -0.1) is 0 Å². The van der Waals surface area contributed by atoms with Gasteiger partial charge in [0.15, 0.2) is 6.61 Å². The molecule has 28 heavy (non-hydrogen) atoms. The molecule has 1 aliphatic heterocycles. The van der Waals surface area contributed by atoms with Gasteiger partial charge in [0.25, 0.3) is 11.8 Å². The summed E-state index contributed by atoms with van der Waals surface area (Å²) in [4.78, 5) is 26.7. The maximum atomic E-state index is 13.3. The van der Waals surface area contributed by atoms with Gasteiger partial charge in [0.2, 0.25) is 0 Å². The number of methoxy groups -OCH3 is 2. The van der Waals surface area contributed by atoms with Crippen LogP contribution in [0.1, 0.15) is 28.8 Å². The lowest BCUT2D eigenvalue weighted by Crippen LogP contribution is -2.33. The summed E-state index contributed by atoms with van der Waals surface area (Å²) in [5.41, 5.74) is 1.92. The lowest BCUT2D eigenvalue weighted by molar-refractivity contribution is -0.118. The molecule has 0 unspecified atom stereocenters. The van der Waals surface area contributed by atoms with Crippen molar-refractivity contribution in [2.45, 2.75) is 25.4 Å². The van der Waals surface area contributed by atoms with Crippen LogP contribution >= 0.6 is 0 Å². The SMILES string of the molecule is COc1ccc(OC)c(CN(C(=O)c2ccc3c(c2)NC(=O)CO3)C2CC2)c1. The Hall–Kier alpha value is -3.22. The van der Waals surface area contributed by atoms with Crippen LogP contribution in [0, 0.1) is 0 Å². The van der Waals surface area contributed by atoms with Gasteiger partial charge in [-0.3, -0.25) is 9.59 Å². The highest BCUT2D eigenvalue weighted by Crippen LogP contribution is 2.34. The average molecular weight is 382 g/mol. The minimum Gasteiger partial charge on any atom is -0.497 e. The van der Waals surface area contributed by atoms with Gasteiger partial charge in [0.05, 0.1) is 26.5 Å². The van der Waals surface area contributed by atoms with Gasteiger partial charge in [-0.25, -0.2) is 0 Å². The highest BCUT2D eigenvalue weighted by Gasteiger charge is 2.34. The molecule has 7 nitrogen and oxygen atoms in total. The summed E-state index contributed by atoms with van der Waals surface area (Å²) in [5, 5.41) is 2.75. The number of ether oxygens (including phenoxy) is 3. The van der Waals surface area contributed by atoms with Crippen molar-refractivity contribution in [1.82, 2.24) is 4.90 Å². The second-order valence-electron chi connectivity index (χ2n) is 6.89. The first-order valence-corrected chi connectivity index (χ1v) is 9.17. The summed E-state index contributed by atoms with van der Waals surface area (Å²) in [6, 6.07) is 10.9. The highest BCUT2D eigenvalue weighted by atomic mass is 16.5. The van der Waals surface area contributed by atoms with E-state index < -0.39 is 0 Å². The Morgan fingerprint density at radius 3 is 2.71 bits per heavy atom. The van der Waals surface area contributed by atoms with E-state index >= 15 is 0 Å². The number of hydrogen-bond acceptors (Lipinski definition) is 5. The van der Waals surface area contributed by atoms with Gasteiger partial charge in [0.1, 0.15) is 17.2 Å². The molecule has 7 heteroatoms. The molecule has 2 aromatic carbocycles. The third-order valence-corrected chi connectivity index (χ3v) is 4.94. The molecule has 146 valence electrons. The van der Waals surface area contributed by atoms with Gasteiger partial charge in [-0.2, -0.15) is 0 Å². The first-order valence-electron chi connectivity index (χ1n) is 9.17. The Balaban J connectivity index is 1.61. The Morgan fingerprint density at radius 2 is 2.00 bits per heavy atom. The van der Waals surface area contributed by atoms with E-state index in [9.17, 15) is 9.59 Å². The van der Waals surface area contributed by atoms with Crippen molar-refractivity contribution in [3.63, 3.8) is 0 Å². The number of anilines is 1. The van der Waals surface area contributed by atoms with E-state index in [1.54, 1.807) is 32.4 Å². The molecule has 2 aliphatic rings. The molecule has 1 fully saturated rings. The summed E-state index contributed by atoms with van der Waals surface area (Å²) >= 11 is 0. The third kappa shape index (κ3) is 3.60. The van der Waals surface area contributed by atoms with E-state index in [2.05, 4.69) is 5.32 Å². The molecule has 2 aromatic rings. The molecule has 0 aromatic heterocycles. The molecule has 0 bridgehead atoms. The number of fused-ring (bicyclic) bond motifs is 1. The number of nitrogens with zero attached hydrogens (tertiary/aromatic N) is 1. The third-order valence-electron chi connectivity index (χ3n) is 4.94. The van der Waals surface area contributed by atoms with Crippen LogP contribution in [0.3, 0.4) is 0 Å². The topological polar surface area (TPSA) is 77.1 Å². The summed E-state index contributed by atoms with van der Waals surface area (Å²) in [6.45, 7) is 0.411. The zero-order valence-corrected chi connectivity index (χ0v) is 15.9. The summed E-state index contributed by atoms with van der Waals surface area (Å²) in [7, 11) is 3.22. The van der Waals surface area contributed by atoms with Crippen LogP contribution in [0.4, 0.5) is 5.69 Å². The number of rotatable bonds is 6. The fraction of sp³-hybridized carbons (Fsp3) is 0.333. The molecule has 1 saturated carbocycles. The highest BCUT2D eigenvalue weighted by molar-refractivity contribution is 6.00. The van der Waals surface area contributed by atoms with Crippen LogP contribution in [0.25, 0.3) is 0 Å². The van der Waals surface area contributed by atoms with Crippen molar-refractivity contribution < 1.29 is 23.8 Å². The van der Waals surface area contributed by atoms with Crippen LogP contribution in [0.2, 0.25) is 0 Å². The van der Waals surface area contributed by atoms with Gasteiger partial charge in [-0.05, 0) is 49.2 Å². The summed E-state index contributed by atoms with van der Waals surface area (Å²) < 4.78 is 16.2. The van der Waals surface area contributed by atoms with E-state index in [1.807, 2.05) is 23.1 Å². The molecule has 1 heterocycles. The van der Waals surface area contributed by atoms with Crippen LogP contribution in [0.15, 0.2) is 36.4 Å². The fourth-order valence-corrected chi connectivity index (χ4v) is 3.32. The molecule has 0 radical (unpaired) electrons. The van der Waals surface area contributed by atoms with E-state index in [0.717, 1.165) is 18.4 Å². The van der Waals surface area contributed by atoms with E-state index in [-0.39, 0.29) is 24.5 Å². The number of carbonyl (C=O) groups is 2. The van der Waals surface area contributed by atoms with E-state index in [1.165, 1.54) is 0 Å². The lowest BCUT2D eigenvalue weighted by atomic mass is 10.1. The van der Waals surface area contributed by atoms with Gasteiger partial charge < -0.3 is 24.4 Å². The number of amides is 2. The molecule has 2 amide bonds. The van der Waals surface area contributed by atoms with Crippen molar-refractivity contribution in [2.24, 2.45) is 0 Å². The van der Waals surface area contributed by atoms with Crippen molar-refractivity contribution in [1.29, 1.82) is 0 Å². The molecular weight excluding hydrogens is 360 g/mol. The normalized spacial score (nSPS) is 15.1. The Morgan fingerprint density at radius 1 is 1.18 bits per heavy atom. The van der Waals surface area contributed by atoms with Crippen LogP contribution in [-0.2, 0) is 11.3 Å². The lowest BCUT2D eigenvalue weighted by Gasteiger charge is -2.25. The fourth-order valence-electron chi connectivity index (χ4n) is 3.32. The number of carbonyl (C=O) groups excluding carboxylic acids is 2. The van der Waals surface area contributed by atoms with Crippen molar-refractivity contribution in [3.05, 3.63) is 47.5 Å². The van der Waals surface area contributed by atoms with Crippen molar-refractivity contribution in [3.8, 4) is 17.2 Å². The minimum atomic E-state index is -0.225. The van der Waals surface area contributed by atoms with E-state index in [4.69, 9.17) is 14.2 Å². The molecule has 1 N–H and O–H groups in total. The predicted octanol–water partition coefficient (Wildman–Crippen LogP) is 2.84. The van der Waals surface area contributed by atoms with Crippen LogP contribution in [-0.4, -0.2) is 43.6 Å². The van der Waals surface area contributed by atoms with Crippen LogP contribution in [0.5, 0.6) is 17.2 Å². The molecule has 4 rings (SSSR count). The Bertz CT molecular complexity index is 923. The first kappa shape index (κ1) is 18.2. The minimum absolute atomic E-state index is 0.00979. The largest absolute Gasteiger partial charge is 0.497 e. The standard InChI is InChI=1S/C21H22N2O5/c1-26-16-6-8-18(27-2)14(9-16)11-23(15-4-5-15)21(25)13-3-7-19-17(10-13)22-20(24)12-28-19/h3,6-10,15H,4-5,11-12H2,1-2H3,(H,22,24). The molecule has 0 atom stereocenters. The van der Waals surface area contributed by atoms with Crippen LogP contribution < -0.4 is 19.5 Å². The smallest absolute Gasteiger partial charge is 0.262 e. The summed E-state index contributed by atoms with van der Waals surface area (Å²) in [6.07, 6.45) is 1.95. The van der Waals surface area contributed by atoms with Gasteiger partial charge in [0, 0.05) is 17.2 Å². The maximum Gasteiger partial charge on any atom is 0.262 e. The monoisotopic (exact) mass is 382 g/mol. The van der Waals surface area contributed by atoms with Crippen molar-refractivity contribution >= 4 is 17.5 Å². The Labute approximate surface area is 163 Å². The zero-order chi connectivity index (χ0) is 19.7. The molecular formula is C21H22N2O5. The predicted molar refractivity (Wildman–Crippen MR) is 103 cm³/mol. The maximum absolute atomic E-state index is 13.3. The van der Waals surface area contributed by atoms with Crippen molar-refractivity contribution in [2.75, 3.05) is 26.1 Å².